The number of amides is 11. The fourth-order valence-electron chi connectivity index (χ4n) is 9.11. The molecule has 15 N–H and O–H groups in total. The van der Waals surface area contributed by atoms with Crippen molar-refractivity contribution in [3.05, 3.63) is 90.1 Å². The van der Waals surface area contributed by atoms with Crippen LogP contribution in [0.4, 0.5) is 4.79 Å². The van der Waals surface area contributed by atoms with E-state index in [1.807, 2.05) is 26.8 Å². The molecule has 11 amide bonds. The number of para-hydroxylation sites is 1. The Bertz CT molecular complexity index is 2910. The molecule has 0 saturated heterocycles. The third kappa shape index (κ3) is 24.1. The zero-order valence-corrected chi connectivity index (χ0v) is 50.0. The number of unbranched alkanes of at least 4 members (excludes halogenated alkanes) is 1. The van der Waals surface area contributed by atoms with E-state index < -0.39 is 132 Å². The van der Waals surface area contributed by atoms with Gasteiger partial charge in [0.15, 0.2) is 0 Å². The Morgan fingerprint density at radius 3 is 1.86 bits per heavy atom. The highest BCUT2D eigenvalue weighted by Gasteiger charge is 2.35. The number of primary amides is 2. The largest absolute Gasteiger partial charge is 0.444 e. The van der Waals surface area contributed by atoms with Crippen molar-refractivity contribution in [2.75, 3.05) is 6.54 Å². The number of benzene rings is 2. The number of ether oxygens (including phenoxy) is 1. The molecule has 4 rings (SSSR count). The number of nitrogens with one attached hydrogen (secondary N) is 11. The molecule has 2 aromatic heterocycles. The topological polar surface area (TPSA) is 402 Å². The summed E-state index contributed by atoms with van der Waals surface area (Å²) in [5.41, 5.74) is 12.6. The Morgan fingerprint density at radius 2 is 1.24 bits per heavy atom. The van der Waals surface area contributed by atoms with Crippen molar-refractivity contribution in [1.82, 2.24) is 62.8 Å². The molecule has 2 heterocycles. The molecule has 8 atom stereocenters. The first-order chi connectivity index (χ1) is 40.1. The number of nitrogens with two attached hydrogens (primary N) is 2. The van der Waals surface area contributed by atoms with Crippen molar-refractivity contribution >= 4 is 76.1 Å². The average Bonchev–Trinajstić information content (AvgIpc) is 4.33. The van der Waals surface area contributed by atoms with Crippen LogP contribution in [0.1, 0.15) is 124 Å². The molecule has 85 heavy (non-hydrogen) atoms. The summed E-state index contributed by atoms with van der Waals surface area (Å²) in [5.74, 6) is -8.04. The van der Waals surface area contributed by atoms with Crippen LogP contribution in [-0.2, 0) is 71.9 Å². The number of rotatable bonds is 34. The normalized spacial score (nSPS) is 14.2. The zero-order chi connectivity index (χ0) is 63.0. The number of carbonyl (C=O) groups excluding carboxylic acids is 11. The molecule has 26 nitrogen and oxygen atoms in total. The van der Waals surface area contributed by atoms with E-state index in [-0.39, 0.29) is 44.4 Å². The second-order valence-electron chi connectivity index (χ2n) is 22.9. The van der Waals surface area contributed by atoms with Crippen molar-refractivity contribution in [3.63, 3.8) is 0 Å². The van der Waals surface area contributed by atoms with Gasteiger partial charge in [-0.15, -0.1) is 0 Å². The van der Waals surface area contributed by atoms with Crippen LogP contribution >= 0.6 is 0 Å². The van der Waals surface area contributed by atoms with Crippen LogP contribution < -0.4 is 59.3 Å². The average molecular weight is 1180 g/mol. The van der Waals surface area contributed by atoms with Crippen LogP contribution in [0.5, 0.6) is 0 Å². The molecular weight excluding hydrogens is 1100 g/mol. The van der Waals surface area contributed by atoms with Crippen LogP contribution in [0, 0.1) is 11.8 Å². The number of hydrogen-bond donors (Lipinski definition) is 13. The number of carbonyl (C=O) groups is 11. The van der Waals surface area contributed by atoms with E-state index in [0.717, 1.165) is 17.3 Å². The van der Waals surface area contributed by atoms with E-state index in [1.165, 1.54) is 19.4 Å². The first-order valence-electron chi connectivity index (χ1n) is 28.6. The SMILES string of the molecule is CCCC[C@H](NC(=O)C[C@H](CC(C)C)NC(=O)[C@H](Cc1cnc[nH]1)NC(=O)CNC(=O)[C@@H](NC(=O)[C@H](C)NC(=O)[C@H](Cc1c[nH]c2ccccc12)NC(=O)[C@H](CCC(N)=O)NC(=O)[C@@H](Cc1ccccc1)NC(=O)OC(C)(C)C)C(C)C)C(N)=O. The van der Waals surface area contributed by atoms with Gasteiger partial charge in [-0.3, -0.25) is 47.9 Å². The van der Waals surface area contributed by atoms with E-state index in [1.54, 1.807) is 89.3 Å². The summed E-state index contributed by atoms with van der Waals surface area (Å²) in [6, 6.07) is 6.41. The monoisotopic (exact) mass is 1180 g/mol. The van der Waals surface area contributed by atoms with Gasteiger partial charge in [0.1, 0.15) is 47.9 Å². The van der Waals surface area contributed by atoms with Gasteiger partial charge < -0.3 is 74.0 Å². The lowest BCUT2D eigenvalue weighted by Crippen LogP contribution is -2.60. The van der Waals surface area contributed by atoms with Gasteiger partial charge in [0.25, 0.3) is 0 Å². The number of hydrogen-bond acceptors (Lipinski definition) is 13. The van der Waals surface area contributed by atoms with E-state index in [9.17, 15) is 52.7 Å². The lowest BCUT2D eigenvalue weighted by atomic mass is 9.99. The Balaban J connectivity index is 1.48. The maximum atomic E-state index is 14.4. The number of aromatic amines is 2. The molecule has 0 unspecified atom stereocenters. The summed E-state index contributed by atoms with van der Waals surface area (Å²) in [7, 11) is 0. The Hall–Kier alpha value is -8.84. The van der Waals surface area contributed by atoms with E-state index >= 15 is 0 Å². The highest BCUT2D eigenvalue weighted by atomic mass is 16.6. The molecule has 0 saturated carbocycles. The summed E-state index contributed by atoms with van der Waals surface area (Å²) >= 11 is 0. The molecule has 464 valence electrons. The van der Waals surface area contributed by atoms with Crippen LogP contribution in [0.2, 0.25) is 0 Å². The molecule has 0 aliphatic carbocycles. The predicted molar refractivity (Wildman–Crippen MR) is 316 cm³/mol. The van der Waals surface area contributed by atoms with E-state index in [0.29, 0.717) is 36.1 Å². The summed E-state index contributed by atoms with van der Waals surface area (Å²) < 4.78 is 5.42. The van der Waals surface area contributed by atoms with Gasteiger partial charge in [0.2, 0.25) is 59.1 Å². The van der Waals surface area contributed by atoms with Crippen molar-refractivity contribution in [2.24, 2.45) is 23.3 Å². The zero-order valence-electron chi connectivity index (χ0n) is 50.0. The van der Waals surface area contributed by atoms with Gasteiger partial charge in [0.05, 0.1) is 12.9 Å². The number of fused-ring (bicyclic) bond motifs is 1. The highest BCUT2D eigenvalue weighted by molar-refractivity contribution is 5.98. The van der Waals surface area contributed by atoms with Gasteiger partial charge in [-0.1, -0.05) is 96.0 Å². The van der Waals surface area contributed by atoms with Gasteiger partial charge >= 0.3 is 6.09 Å². The van der Waals surface area contributed by atoms with Crippen LogP contribution in [0.15, 0.2) is 73.3 Å². The molecule has 0 aliphatic rings. The Labute approximate surface area is 495 Å². The molecular formula is C59H86N14O12. The third-order valence-electron chi connectivity index (χ3n) is 13.4. The third-order valence-corrected chi connectivity index (χ3v) is 13.4. The maximum absolute atomic E-state index is 14.4. The van der Waals surface area contributed by atoms with Crippen molar-refractivity contribution in [3.8, 4) is 0 Å². The molecule has 2 aromatic carbocycles. The van der Waals surface area contributed by atoms with Gasteiger partial charge in [-0.25, -0.2) is 9.78 Å². The minimum absolute atomic E-state index is 0.0168. The first-order valence-corrected chi connectivity index (χ1v) is 28.6. The number of H-pyrrole nitrogens is 2. The number of alkyl carbamates (subject to hydrolysis) is 1. The molecule has 0 spiro atoms. The quantitative estimate of drug-likeness (QED) is 0.0315. The summed E-state index contributed by atoms with van der Waals surface area (Å²) in [6.45, 7) is 14.7. The minimum atomic E-state index is -1.48. The number of imidazole rings is 1. The van der Waals surface area contributed by atoms with E-state index in [2.05, 4.69) is 62.8 Å². The van der Waals surface area contributed by atoms with Crippen molar-refractivity contribution in [1.29, 1.82) is 0 Å². The second-order valence-corrected chi connectivity index (χ2v) is 22.9. The van der Waals surface area contributed by atoms with Crippen LogP contribution in [-0.4, -0.2) is 141 Å². The van der Waals surface area contributed by atoms with Crippen molar-refractivity contribution < 1.29 is 57.5 Å². The fourth-order valence-corrected chi connectivity index (χ4v) is 9.11. The van der Waals surface area contributed by atoms with Crippen LogP contribution in [0.3, 0.4) is 0 Å². The van der Waals surface area contributed by atoms with Crippen LogP contribution in [0.25, 0.3) is 10.9 Å². The molecule has 0 fully saturated rings. The second kappa shape index (κ2) is 33.5. The smallest absolute Gasteiger partial charge is 0.408 e. The predicted octanol–water partition coefficient (Wildman–Crippen LogP) is 1.38. The lowest BCUT2D eigenvalue weighted by Gasteiger charge is -2.27. The number of nitrogens with zero attached hydrogens (tertiary/aromatic N) is 1. The lowest BCUT2D eigenvalue weighted by molar-refractivity contribution is -0.135. The maximum Gasteiger partial charge on any atom is 0.408 e. The highest BCUT2D eigenvalue weighted by Crippen LogP contribution is 2.20. The first kappa shape index (κ1) is 68.7. The Kier molecular flexibility index (Phi) is 27.0. The standard InChI is InChI=1S/C59H86N14O12/c1-10-11-20-42(51(61)77)68-48(75)28-38(24-33(2)3)67-55(81)46(27-39-30-62-32-65-39)69-49(76)31-64-57(83)50(34(4)5)73-52(78)35(6)66-54(80)45(26-37-29-63-41-21-16-15-19-40(37)41)71-53(79)43(22-23-47(60)74)70-56(82)44(25-36-17-13-12-14-18-36)72-58(84)85-59(7,8)9/h12-19,21,29-30,32-35,38,42-46,50,63H,10-11,20,22-28,31H2,1-9H3,(H2,60,74)(H2,61,77)(H,62,65)(H,64,83)(H,66,80)(H,67,81)(H,68,75)(H,69,76)(H,70,82)(H,71,79)(H,72,84)(H,73,78)/t35-,38-,42-,43-,44+,45-,46-,50-/m0/s1. The molecule has 4 aromatic rings. The van der Waals surface area contributed by atoms with Crippen molar-refractivity contribution in [2.45, 2.75) is 180 Å². The molecule has 0 aliphatic heterocycles. The molecule has 0 bridgehead atoms. The van der Waals surface area contributed by atoms with E-state index in [4.69, 9.17) is 16.2 Å². The Morgan fingerprint density at radius 1 is 0.624 bits per heavy atom. The number of aromatic nitrogens is 3. The van der Waals surface area contributed by atoms with Gasteiger partial charge in [0, 0.05) is 67.1 Å². The summed E-state index contributed by atoms with van der Waals surface area (Å²) in [6.07, 6.45) is 4.76. The summed E-state index contributed by atoms with van der Waals surface area (Å²) in [5, 5.41) is 24.5. The minimum Gasteiger partial charge on any atom is -0.444 e. The molecule has 0 radical (unpaired) electrons. The fraction of sp³-hybridized carbons (Fsp3) is 0.525. The summed E-state index contributed by atoms with van der Waals surface area (Å²) in [4.78, 5) is 158. The van der Waals surface area contributed by atoms with Gasteiger partial charge in [-0.05, 0) is 76.0 Å². The molecule has 26 heteroatoms. The van der Waals surface area contributed by atoms with Gasteiger partial charge in [-0.2, -0.15) is 0 Å².